The van der Waals surface area contributed by atoms with Gasteiger partial charge in [0.2, 0.25) is 17.7 Å². The van der Waals surface area contributed by atoms with Crippen LogP contribution in [-0.4, -0.2) is 98.7 Å². The number of aliphatic hydroxyl groups is 1. The van der Waals surface area contributed by atoms with Crippen LogP contribution in [0.5, 0.6) is 0 Å². The molecule has 1 rings (SSSR count). The molecule has 0 radical (unpaired) electrons. The third-order valence-corrected chi connectivity index (χ3v) is 5.79. The minimum Gasteiger partial charge on any atom is -0.481 e. The van der Waals surface area contributed by atoms with Crippen LogP contribution in [0.1, 0.15) is 39.0 Å². The topological polar surface area (TPSA) is 199 Å². The Labute approximate surface area is 190 Å². The molecule has 182 valence electrons. The molecule has 0 bridgehead atoms. The van der Waals surface area contributed by atoms with Gasteiger partial charge in [0.1, 0.15) is 24.2 Å². The summed E-state index contributed by atoms with van der Waals surface area (Å²) in [7, 11) is 0. The van der Waals surface area contributed by atoms with Crippen molar-refractivity contribution in [1.82, 2.24) is 15.5 Å². The van der Waals surface area contributed by atoms with Crippen molar-refractivity contribution in [3.63, 3.8) is 0 Å². The van der Waals surface area contributed by atoms with Crippen molar-refractivity contribution in [1.29, 1.82) is 0 Å². The molecule has 0 aromatic rings. The number of carbonyl (C=O) groups excluding carboxylic acids is 3. The van der Waals surface area contributed by atoms with Crippen LogP contribution in [0.25, 0.3) is 0 Å². The Morgan fingerprint density at radius 3 is 2.31 bits per heavy atom. The van der Waals surface area contributed by atoms with Gasteiger partial charge in [-0.2, -0.15) is 11.8 Å². The predicted molar refractivity (Wildman–Crippen MR) is 116 cm³/mol. The van der Waals surface area contributed by atoms with Crippen molar-refractivity contribution in [2.45, 2.75) is 69.3 Å². The van der Waals surface area contributed by atoms with Gasteiger partial charge in [-0.15, -0.1) is 0 Å². The van der Waals surface area contributed by atoms with Crippen LogP contribution < -0.4 is 16.4 Å². The molecule has 0 spiro atoms. The number of nitrogens with zero attached hydrogens (tertiary/aromatic N) is 1. The van der Waals surface area contributed by atoms with Gasteiger partial charge < -0.3 is 36.6 Å². The number of aliphatic carboxylic acids is 2. The Morgan fingerprint density at radius 2 is 1.78 bits per heavy atom. The van der Waals surface area contributed by atoms with Crippen LogP contribution in [0.2, 0.25) is 0 Å². The van der Waals surface area contributed by atoms with Crippen molar-refractivity contribution < 1.29 is 39.3 Å². The molecular formula is C19H32N4O8S. The molecule has 0 aromatic carbocycles. The van der Waals surface area contributed by atoms with Crippen molar-refractivity contribution in [3.05, 3.63) is 0 Å². The first-order chi connectivity index (χ1) is 15.0. The summed E-state index contributed by atoms with van der Waals surface area (Å²) in [4.78, 5) is 61.7. The summed E-state index contributed by atoms with van der Waals surface area (Å²) < 4.78 is 0. The molecule has 1 fully saturated rings. The van der Waals surface area contributed by atoms with Crippen molar-refractivity contribution in [2.75, 3.05) is 18.6 Å². The molecule has 0 saturated carbocycles. The van der Waals surface area contributed by atoms with E-state index in [4.69, 9.17) is 10.8 Å². The van der Waals surface area contributed by atoms with E-state index in [1.807, 2.05) is 6.26 Å². The first kappa shape index (κ1) is 27.7. The number of carboxylic acid groups (broad SMARTS) is 2. The lowest BCUT2D eigenvalue weighted by atomic mass is 10.1. The highest BCUT2D eigenvalue weighted by atomic mass is 32.2. The van der Waals surface area contributed by atoms with Gasteiger partial charge in [0.25, 0.3) is 0 Å². The van der Waals surface area contributed by atoms with E-state index in [0.717, 1.165) is 0 Å². The molecule has 5 atom stereocenters. The minimum absolute atomic E-state index is 0.196. The second-order valence-electron chi connectivity index (χ2n) is 7.63. The lowest BCUT2D eigenvalue weighted by molar-refractivity contribution is -0.145. The summed E-state index contributed by atoms with van der Waals surface area (Å²) in [5, 5.41) is 32.6. The van der Waals surface area contributed by atoms with Crippen LogP contribution in [0.15, 0.2) is 0 Å². The number of likely N-dealkylation sites (tertiary alicyclic amines) is 1. The molecule has 13 heteroatoms. The van der Waals surface area contributed by atoms with Gasteiger partial charge in [-0.1, -0.05) is 0 Å². The molecule has 5 unspecified atom stereocenters. The summed E-state index contributed by atoms with van der Waals surface area (Å²) in [6, 6.07) is -4.61. The Balaban J connectivity index is 2.96. The molecule has 32 heavy (non-hydrogen) atoms. The zero-order chi connectivity index (χ0) is 24.4. The average molecular weight is 477 g/mol. The van der Waals surface area contributed by atoms with Crippen LogP contribution >= 0.6 is 11.8 Å². The molecule has 0 aliphatic carbocycles. The maximum atomic E-state index is 13.1. The van der Waals surface area contributed by atoms with E-state index in [1.165, 1.54) is 23.6 Å². The Morgan fingerprint density at radius 1 is 1.12 bits per heavy atom. The molecular weight excluding hydrogens is 444 g/mol. The van der Waals surface area contributed by atoms with Gasteiger partial charge in [-0.05, 0) is 44.6 Å². The Kier molecular flexibility index (Phi) is 11.4. The first-order valence-electron chi connectivity index (χ1n) is 10.3. The molecule has 0 aromatic heterocycles. The lowest BCUT2D eigenvalue weighted by Gasteiger charge is -2.30. The second-order valence-corrected chi connectivity index (χ2v) is 8.62. The fraction of sp³-hybridized carbons (Fsp3) is 0.737. The van der Waals surface area contributed by atoms with E-state index in [1.54, 1.807) is 0 Å². The van der Waals surface area contributed by atoms with Crippen LogP contribution in [0, 0.1) is 0 Å². The standard InChI is InChI=1S/C19H32N4O8S/c1-10(24)15(20)17(28)21-11(5-6-14(25)26)18(29)23-8-3-4-13(23)16(27)22-12(19(30)31)7-9-32-2/h10-13,15,24H,3-9,20H2,1-2H3,(H,21,28)(H,22,27)(H,25,26)(H,30,31). The third-order valence-electron chi connectivity index (χ3n) is 5.15. The lowest BCUT2D eigenvalue weighted by Crippen LogP contribution is -2.58. The van der Waals surface area contributed by atoms with Gasteiger partial charge >= 0.3 is 11.9 Å². The van der Waals surface area contributed by atoms with E-state index in [-0.39, 0.29) is 19.4 Å². The highest BCUT2D eigenvalue weighted by Crippen LogP contribution is 2.20. The molecule has 1 aliphatic heterocycles. The van der Waals surface area contributed by atoms with E-state index in [9.17, 15) is 34.2 Å². The molecule has 1 aliphatic rings. The molecule has 3 amide bonds. The SMILES string of the molecule is CSCCC(NC(=O)C1CCCN1C(=O)C(CCC(=O)O)NC(=O)C(N)C(C)O)C(=O)O. The van der Waals surface area contributed by atoms with E-state index in [0.29, 0.717) is 18.6 Å². The van der Waals surface area contributed by atoms with E-state index >= 15 is 0 Å². The van der Waals surface area contributed by atoms with E-state index in [2.05, 4.69) is 10.6 Å². The number of hydrogen-bond acceptors (Lipinski definition) is 8. The largest absolute Gasteiger partial charge is 0.481 e. The van der Waals surface area contributed by atoms with Crippen LogP contribution in [0.3, 0.4) is 0 Å². The van der Waals surface area contributed by atoms with E-state index < -0.39 is 66.4 Å². The minimum atomic E-state index is -1.32. The zero-order valence-electron chi connectivity index (χ0n) is 18.2. The van der Waals surface area contributed by atoms with Gasteiger partial charge in [-0.25, -0.2) is 4.79 Å². The maximum Gasteiger partial charge on any atom is 0.326 e. The number of carboxylic acids is 2. The number of thioether (sulfide) groups is 1. The predicted octanol–water partition coefficient (Wildman–Crippen LogP) is -1.64. The Bertz CT molecular complexity index is 705. The van der Waals surface area contributed by atoms with Crippen molar-refractivity contribution in [2.24, 2.45) is 5.73 Å². The zero-order valence-corrected chi connectivity index (χ0v) is 19.0. The molecule has 12 nitrogen and oxygen atoms in total. The van der Waals surface area contributed by atoms with Gasteiger partial charge in [0.05, 0.1) is 6.10 Å². The highest BCUT2D eigenvalue weighted by molar-refractivity contribution is 7.98. The molecule has 1 saturated heterocycles. The normalized spacial score (nSPS) is 19.5. The Hall–Kier alpha value is -2.38. The number of hydrogen-bond donors (Lipinski definition) is 6. The summed E-state index contributed by atoms with van der Waals surface area (Å²) in [5.74, 6) is -3.93. The van der Waals surface area contributed by atoms with Gasteiger partial charge in [-0.3, -0.25) is 19.2 Å². The first-order valence-corrected chi connectivity index (χ1v) is 11.7. The quantitative estimate of drug-likeness (QED) is 0.179. The summed E-state index contributed by atoms with van der Waals surface area (Å²) >= 11 is 1.44. The number of nitrogens with two attached hydrogens (primary N) is 1. The van der Waals surface area contributed by atoms with Crippen molar-refractivity contribution in [3.8, 4) is 0 Å². The smallest absolute Gasteiger partial charge is 0.326 e. The highest BCUT2D eigenvalue weighted by Gasteiger charge is 2.39. The van der Waals surface area contributed by atoms with Crippen molar-refractivity contribution >= 4 is 41.4 Å². The maximum absolute atomic E-state index is 13.1. The van der Waals surface area contributed by atoms with Crippen LogP contribution in [0.4, 0.5) is 0 Å². The summed E-state index contributed by atoms with van der Waals surface area (Å²) in [5.41, 5.74) is 5.59. The summed E-state index contributed by atoms with van der Waals surface area (Å²) in [6.45, 7) is 1.50. The average Bonchev–Trinajstić information content (AvgIpc) is 3.22. The summed E-state index contributed by atoms with van der Waals surface area (Å²) in [6.07, 6.45) is 0.983. The number of nitrogens with one attached hydrogen (secondary N) is 2. The van der Waals surface area contributed by atoms with Gasteiger partial charge in [0, 0.05) is 13.0 Å². The number of amides is 3. The fourth-order valence-electron chi connectivity index (χ4n) is 3.28. The monoisotopic (exact) mass is 476 g/mol. The third kappa shape index (κ3) is 8.28. The van der Waals surface area contributed by atoms with Crippen LogP contribution in [-0.2, 0) is 24.0 Å². The molecule has 7 N–H and O–H groups in total. The molecule has 1 heterocycles. The fourth-order valence-corrected chi connectivity index (χ4v) is 3.75. The van der Waals surface area contributed by atoms with Gasteiger partial charge in [0.15, 0.2) is 0 Å². The second kappa shape index (κ2) is 13.2. The number of carbonyl (C=O) groups is 5. The number of aliphatic hydroxyl groups excluding tert-OH is 1. The number of rotatable bonds is 13.